The normalized spacial score (nSPS) is 10.1. The van der Waals surface area contributed by atoms with Gasteiger partial charge in [0.1, 0.15) is 11.6 Å². The van der Waals surface area contributed by atoms with Crippen molar-refractivity contribution < 1.29 is 14.7 Å². The van der Waals surface area contributed by atoms with Crippen LogP contribution in [-0.2, 0) is 4.79 Å². The number of aromatic carboxylic acids is 1. The highest BCUT2D eigenvalue weighted by atomic mass is 16.4. The number of carboxylic acid groups (broad SMARTS) is 1. The van der Waals surface area contributed by atoms with Crippen molar-refractivity contribution >= 4 is 17.6 Å². The van der Waals surface area contributed by atoms with Gasteiger partial charge in [-0.2, -0.15) is 10.5 Å². The summed E-state index contributed by atoms with van der Waals surface area (Å²) in [6.45, 7) is 0.336. The van der Waals surface area contributed by atoms with Crippen LogP contribution in [0.25, 0.3) is 0 Å². The van der Waals surface area contributed by atoms with Crippen molar-refractivity contribution in [3.05, 3.63) is 41.6 Å². The van der Waals surface area contributed by atoms with Gasteiger partial charge in [0, 0.05) is 18.4 Å². The Bertz CT molecular complexity index is 636. The third-order valence-corrected chi connectivity index (χ3v) is 2.38. The molecule has 0 aliphatic heterocycles. The Morgan fingerprint density at radius 2 is 1.90 bits per heavy atom. The molecule has 0 atom stereocenters. The predicted molar refractivity (Wildman–Crippen MR) is 74.0 cm³/mol. The molecule has 1 aromatic carbocycles. The average molecular weight is 284 g/mol. The Labute approximate surface area is 121 Å². The van der Waals surface area contributed by atoms with Gasteiger partial charge in [-0.3, -0.25) is 4.79 Å². The van der Waals surface area contributed by atoms with Crippen LogP contribution in [0.15, 0.2) is 36.0 Å². The number of hydrogen-bond donors (Lipinski definition) is 3. The molecule has 7 heteroatoms. The molecule has 0 aliphatic carbocycles. The highest BCUT2D eigenvalue weighted by Gasteiger charge is 2.09. The van der Waals surface area contributed by atoms with Gasteiger partial charge in [-0.05, 0) is 24.3 Å². The molecule has 3 N–H and O–H groups in total. The minimum Gasteiger partial charge on any atom is -0.478 e. The van der Waals surface area contributed by atoms with E-state index < -0.39 is 11.9 Å². The van der Waals surface area contributed by atoms with Crippen LogP contribution in [0.5, 0.6) is 0 Å². The van der Waals surface area contributed by atoms with E-state index in [1.165, 1.54) is 30.5 Å². The van der Waals surface area contributed by atoms with Crippen molar-refractivity contribution in [2.75, 3.05) is 11.9 Å². The topological polar surface area (TPSA) is 126 Å². The van der Waals surface area contributed by atoms with Crippen molar-refractivity contribution in [2.24, 2.45) is 0 Å². The summed E-state index contributed by atoms with van der Waals surface area (Å²) in [5.41, 5.74) is 0.334. The molecule has 0 bridgehead atoms. The van der Waals surface area contributed by atoms with E-state index >= 15 is 0 Å². The largest absolute Gasteiger partial charge is 0.478 e. The number of nitrogens with zero attached hydrogens (tertiary/aromatic N) is 2. The SMILES string of the molecule is N#CCCN/C=C(/C#N)C(=O)Nc1ccc(C(=O)O)cc1. The Hall–Kier alpha value is -3.32. The second-order valence-electron chi connectivity index (χ2n) is 3.87. The van der Waals surface area contributed by atoms with Gasteiger partial charge < -0.3 is 15.7 Å². The molecule has 1 aromatic rings. The Kier molecular flexibility index (Phi) is 5.97. The molecule has 0 heterocycles. The number of nitrogens with one attached hydrogen (secondary N) is 2. The minimum atomic E-state index is -1.06. The van der Waals surface area contributed by atoms with E-state index in [0.717, 1.165) is 0 Å². The number of rotatable bonds is 6. The Morgan fingerprint density at radius 1 is 1.24 bits per heavy atom. The first-order chi connectivity index (χ1) is 10.1. The summed E-state index contributed by atoms with van der Waals surface area (Å²) in [7, 11) is 0. The van der Waals surface area contributed by atoms with Crippen LogP contribution in [0.1, 0.15) is 16.8 Å². The van der Waals surface area contributed by atoms with E-state index in [4.69, 9.17) is 15.6 Å². The van der Waals surface area contributed by atoms with Gasteiger partial charge >= 0.3 is 5.97 Å². The molecule has 0 fully saturated rings. The van der Waals surface area contributed by atoms with Gasteiger partial charge in [-0.1, -0.05) is 0 Å². The van der Waals surface area contributed by atoms with Crippen LogP contribution < -0.4 is 10.6 Å². The summed E-state index contributed by atoms with van der Waals surface area (Å²) in [4.78, 5) is 22.5. The summed E-state index contributed by atoms with van der Waals surface area (Å²) < 4.78 is 0. The zero-order chi connectivity index (χ0) is 15.7. The summed E-state index contributed by atoms with van der Waals surface area (Å²) in [5, 5.41) is 31.2. The maximum Gasteiger partial charge on any atom is 0.335 e. The summed E-state index contributed by atoms with van der Waals surface area (Å²) >= 11 is 0. The fourth-order valence-electron chi connectivity index (χ4n) is 1.35. The lowest BCUT2D eigenvalue weighted by molar-refractivity contribution is -0.112. The number of benzene rings is 1. The fourth-order valence-corrected chi connectivity index (χ4v) is 1.35. The summed E-state index contributed by atoms with van der Waals surface area (Å²) in [5.74, 6) is -1.68. The van der Waals surface area contributed by atoms with E-state index in [9.17, 15) is 9.59 Å². The van der Waals surface area contributed by atoms with Crippen LogP contribution >= 0.6 is 0 Å². The number of carbonyl (C=O) groups is 2. The predicted octanol–water partition coefficient (Wildman–Crippen LogP) is 1.23. The first-order valence-corrected chi connectivity index (χ1v) is 5.93. The lowest BCUT2D eigenvalue weighted by atomic mass is 10.2. The summed E-state index contributed by atoms with van der Waals surface area (Å²) in [6, 6.07) is 9.21. The lowest BCUT2D eigenvalue weighted by Crippen LogP contribution is -2.17. The van der Waals surface area contributed by atoms with Crippen molar-refractivity contribution in [3.63, 3.8) is 0 Å². The van der Waals surface area contributed by atoms with Crippen LogP contribution in [0.3, 0.4) is 0 Å². The van der Waals surface area contributed by atoms with E-state index in [2.05, 4.69) is 10.6 Å². The highest BCUT2D eigenvalue weighted by molar-refractivity contribution is 6.06. The third kappa shape index (κ3) is 5.05. The maximum absolute atomic E-state index is 11.8. The molecular weight excluding hydrogens is 272 g/mol. The van der Waals surface area contributed by atoms with Gasteiger partial charge in [0.15, 0.2) is 0 Å². The molecule has 106 valence electrons. The van der Waals surface area contributed by atoms with Crippen LogP contribution in [0.4, 0.5) is 5.69 Å². The van der Waals surface area contributed by atoms with Gasteiger partial charge in [-0.25, -0.2) is 4.79 Å². The van der Waals surface area contributed by atoms with Gasteiger partial charge in [0.25, 0.3) is 5.91 Å². The molecular formula is C14H12N4O3. The van der Waals surface area contributed by atoms with Crippen LogP contribution in [0, 0.1) is 22.7 Å². The second-order valence-corrected chi connectivity index (χ2v) is 3.87. The fraction of sp³-hybridized carbons (Fsp3) is 0.143. The number of hydrogen-bond acceptors (Lipinski definition) is 5. The van der Waals surface area contributed by atoms with Crippen LogP contribution in [0.2, 0.25) is 0 Å². The molecule has 0 unspecified atom stereocenters. The zero-order valence-electron chi connectivity index (χ0n) is 11.0. The molecule has 0 radical (unpaired) electrons. The number of carboxylic acids is 1. The molecule has 0 aliphatic rings. The zero-order valence-corrected chi connectivity index (χ0v) is 11.0. The van der Waals surface area contributed by atoms with E-state index in [1.807, 2.05) is 6.07 Å². The molecule has 1 rings (SSSR count). The third-order valence-electron chi connectivity index (χ3n) is 2.38. The first kappa shape index (κ1) is 15.7. The van der Waals surface area contributed by atoms with Gasteiger partial charge in [-0.15, -0.1) is 0 Å². The maximum atomic E-state index is 11.8. The van der Waals surface area contributed by atoms with E-state index in [0.29, 0.717) is 12.2 Å². The van der Waals surface area contributed by atoms with Gasteiger partial charge in [0.2, 0.25) is 0 Å². The molecule has 21 heavy (non-hydrogen) atoms. The number of carbonyl (C=O) groups excluding carboxylic acids is 1. The Balaban J connectivity index is 2.68. The van der Waals surface area contributed by atoms with Crippen LogP contribution in [-0.4, -0.2) is 23.5 Å². The minimum absolute atomic E-state index is 0.0993. The standard InChI is InChI=1S/C14H12N4O3/c15-6-1-7-17-9-11(8-16)13(19)18-12-4-2-10(3-5-12)14(20)21/h2-5,9,17H,1,7H2,(H,18,19)(H,20,21)/b11-9-. The monoisotopic (exact) mass is 284 g/mol. The molecule has 0 aromatic heterocycles. The first-order valence-electron chi connectivity index (χ1n) is 5.93. The molecule has 1 amide bonds. The lowest BCUT2D eigenvalue weighted by Gasteiger charge is -2.05. The van der Waals surface area contributed by atoms with Gasteiger partial charge in [0.05, 0.1) is 18.1 Å². The van der Waals surface area contributed by atoms with Crippen molar-refractivity contribution in [2.45, 2.75) is 6.42 Å². The second kappa shape index (κ2) is 7.97. The number of anilines is 1. The quantitative estimate of drug-likeness (QED) is 0.410. The average Bonchev–Trinajstić information content (AvgIpc) is 2.47. The molecule has 7 nitrogen and oxygen atoms in total. The number of amides is 1. The van der Waals surface area contributed by atoms with E-state index in [-0.39, 0.29) is 17.6 Å². The van der Waals surface area contributed by atoms with E-state index in [1.54, 1.807) is 6.07 Å². The highest BCUT2D eigenvalue weighted by Crippen LogP contribution is 2.10. The molecule has 0 spiro atoms. The summed E-state index contributed by atoms with van der Waals surface area (Å²) in [6.07, 6.45) is 1.49. The van der Waals surface area contributed by atoms with Crippen molar-refractivity contribution in [1.82, 2.24) is 5.32 Å². The van der Waals surface area contributed by atoms with Crippen molar-refractivity contribution in [1.29, 1.82) is 10.5 Å². The Morgan fingerprint density at radius 3 is 2.43 bits per heavy atom. The van der Waals surface area contributed by atoms with Crippen molar-refractivity contribution in [3.8, 4) is 12.1 Å². The molecule has 0 saturated carbocycles. The smallest absolute Gasteiger partial charge is 0.335 e. The number of nitriles is 2. The molecule has 0 saturated heterocycles.